The number of rotatable bonds is 3. The molecule has 7 nitrogen and oxygen atoms in total. The Labute approximate surface area is 154 Å². The van der Waals surface area contributed by atoms with E-state index in [0.29, 0.717) is 4.31 Å². The van der Waals surface area contributed by atoms with Gasteiger partial charge in [-0.15, -0.1) is 0 Å². The summed E-state index contributed by atoms with van der Waals surface area (Å²) in [6.07, 6.45) is 0. The number of fused-ring (bicyclic) bond motifs is 1. The van der Waals surface area contributed by atoms with Gasteiger partial charge >= 0.3 is 11.9 Å². The lowest BCUT2D eigenvalue weighted by atomic mass is 10.1. The van der Waals surface area contributed by atoms with Crippen LogP contribution in [0.1, 0.15) is 15.9 Å². The molecular weight excluding hydrogens is 377 g/mol. The van der Waals surface area contributed by atoms with Gasteiger partial charge in [0.1, 0.15) is 5.82 Å². The maximum atomic E-state index is 13.1. The van der Waals surface area contributed by atoms with Crippen LogP contribution in [0.2, 0.25) is 0 Å². The largest absolute Gasteiger partial charge is 0.464 e. The Balaban J connectivity index is 2.17. The summed E-state index contributed by atoms with van der Waals surface area (Å²) in [4.78, 5) is 24.6. The Bertz CT molecular complexity index is 1060. The van der Waals surface area contributed by atoms with Crippen LogP contribution in [0.15, 0.2) is 59.1 Å². The molecule has 0 aliphatic carbocycles. The van der Waals surface area contributed by atoms with Gasteiger partial charge in [0.25, 0.3) is 10.0 Å². The lowest BCUT2D eigenvalue weighted by Gasteiger charge is -2.29. The van der Waals surface area contributed by atoms with E-state index in [-0.39, 0.29) is 21.8 Å². The van der Waals surface area contributed by atoms with Gasteiger partial charge in [-0.3, -0.25) is 4.31 Å². The highest BCUT2D eigenvalue weighted by Gasteiger charge is 2.40. The zero-order chi connectivity index (χ0) is 19.8. The molecule has 0 bridgehead atoms. The van der Waals surface area contributed by atoms with Crippen molar-refractivity contribution in [1.82, 2.24) is 4.31 Å². The number of hydrogen-bond acceptors (Lipinski definition) is 6. The molecule has 2 aromatic carbocycles. The molecule has 0 fully saturated rings. The van der Waals surface area contributed by atoms with Crippen molar-refractivity contribution in [2.45, 2.75) is 4.90 Å². The average molecular weight is 391 g/mol. The highest BCUT2D eigenvalue weighted by molar-refractivity contribution is 7.89. The zero-order valence-corrected chi connectivity index (χ0v) is 15.1. The molecule has 0 N–H and O–H groups in total. The summed E-state index contributed by atoms with van der Waals surface area (Å²) in [7, 11) is -1.80. The van der Waals surface area contributed by atoms with Gasteiger partial charge in [0.2, 0.25) is 0 Å². The van der Waals surface area contributed by atoms with E-state index in [9.17, 15) is 22.4 Å². The van der Waals surface area contributed by atoms with Gasteiger partial charge in [-0.1, -0.05) is 12.1 Å². The fourth-order valence-corrected chi connectivity index (χ4v) is 3.96. The van der Waals surface area contributed by atoms with Crippen LogP contribution in [0.25, 0.3) is 5.76 Å². The second-order valence-corrected chi connectivity index (χ2v) is 7.47. The summed E-state index contributed by atoms with van der Waals surface area (Å²) >= 11 is 0. The van der Waals surface area contributed by atoms with Crippen molar-refractivity contribution in [2.75, 3.05) is 14.2 Å². The lowest BCUT2D eigenvalue weighted by Crippen LogP contribution is -2.36. The van der Waals surface area contributed by atoms with E-state index in [1.54, 1.807) is 6.07 Å². The third kappa shape index (κ3) is 3.17. The molecule has 0 unspecified atom stereocenters. The highest BCUT2D eigenvalue weighted by Crippen LogP contribution is 2.37. The SMILES string of the molecule is COC(=O)C1=C(OC(=O)c2ccc(F)cc2)c2ccccc2S(=O)(=O)N1C. The molecule has 0 amide bonds. The number of hydrogen-bond donors (Lipinski definition) is 0. The number of sulfonamides is 1. The van der Waals surface area contributed by atoms with Gasteiger partial charge < -0.3 is 9.47 Å². The molecule has 140 valence electrons. The van der Waals surface area contributed by atoms with E-state index in [1.165, 1.54) is 30.3 Å². The predicted molar refractivity (Wildman–Crippen MR) is 92.1 cm³/mol. The zero-order valence-electron chi connectivity index (χ0n) is 14.3. The average Bonchev–Trinajstić information content (AvgIpc) is 2.66. The minimum Gasteiger partial charge on any atom is -0.464 e. The molecule has 0 spiro atoms. The van der Waals surface area contributed by atoms with Gasteiger partial charge in [0, 0.05) is 12.6 Å². The van der Waals surface area contributed by atoms with Crippen molar-refractivity contribution < 1.29 is 31.9 Å². The first-order valence-corrected chi connectivity index (χ1v) is 9.10. The topological polar surface area (TPSA) is 90.0 Å². The second kappa shape index (κ2) is 6.84. The molecule has 1 aliphatic rings. The van der Waals surface area contributed by atoms with Gasteiger partial charge in [-0.2, -0.15) is 0 Å². The van der Waals surface area contributed by atoms with Crippen LogP contribution < -0.4 is 0 Å². The minimum absolute atomic E-state index is 0.0293. The fourth-order valence-electron chi connectivity index (χ4n) is 2.58. The second-order valence-electron chi connectivity index (χ2n) is 5.53. The Hall–Kier alpha value is -3.20. The van der Waals surface area contributed by atoms with Crippen LogP contribution in [-0.2, 0) is 24.3 Å². The van der Waals surface area contributed by atoms with Crippen molar-refractivity contribution in [3.05, 3.63) is 71.2 Å². The Morgan fingerprint density at radius 1 is 1.00 bits per heavy atom. The molecule has 27 heavy (non-hydrogen) atoms. The molecule has 1 heterocycles. The monoisotopic (exact) mass is 391 g/mol. The number of esters is 2. The summed E-state index contributed by atoms with van der Waals surface area (Å²) < 4.78 is 49.1. The molecule has 0 saturated carbocycles. The molecule has 0 saturated heterocycles. The van der Waals surface area contributed by atoms with Crippen molar-refractivity contribution in [3.63, 3.8) is 0 Å². The molecule has 0 atom stereocenters. The van der Waals surface area contributed by atoms with Gasteiger partial charge in [0.15, 0.2) is 11.5 Å². The summed E-state index contributed by atoms with van der Waals surface area (Å²) in [5.74, 6) is -2.66. The van der Waals surface area contributed by atoms with Crippen molar-refractivity contribution >= 4 is 27.7 Å². The number of ether oxygens (including phenoxy) is 2. The predicted octanol–water partition coefficient (Wildman–Crippen LogP) is 2.16. The van der Waals surface area contributed by atoms with Crippen LogP contribution in [0.5, 0.6) is 0 Å². The molecule has 0 radical (unpaired) electrons. The third-order valence-corrected chi connectivity index (χ3v) is 5.77. The summed E-state index contributed by atoms with van der Waals surface area (Å²) in [6.45, 7) is 0. The van der Waals surface area contributed by atoms with Gasteiger partial charge in [-0.05, 0) is 36.4 Å². The van der Waals surface area contributed by atoms with Crippen LogP contribution in [0, 0.1) is 5.82 Å². The number of halogens is 1. The number of nitrogens with zero attached hydrogens (tertiary/aromatic N) is 1. The quantitative estimate of drug-likeness (QED) is 0.745. The van der Waals surface area contributed by atoms with E-state index in [4.69, 9.17) is 4.74 Å². The van der Waals surface area contributed by atoms with E-state index in [1.807, 2.05) is 0 Å². The number of benzene rings is 2. The number of carbonyl (C=O) groups is 2. The maximum absolute atomic E-state index is 13.1. The first kappa shape index (κ1) is 18.6. The van der Waals surface area contributed by atoms with E-state index >= 15 is 0 Å². The maximum Gasteiger partial charge on any atom is 0.359 e. The molecule has 0 aromatic heterocycles. The van der Waals surface area contributed by atoms with Crippen LogP contribution in [0.4, 0.5) is 4.39 Å². The van der Waals surface area contributed by atoms with Crippen molar-refractivity contribution in [3.8, 4) is 0 Å². The normalized spacial score (nSPS) is 15.1. The fraction of sp³-hybridized carbons (Fsp3) is 0.111. The van der Waals surface area contributed by atoms with Crippen molar-refractivity contribution in [1.29, 1.82) is 0 Å². The van der Waals surface area contributed by atoms with Crippen molar-refractivity contribution in [2.24, 2.45) is 0 Å². The smallest absolute Gasteiger partial charge is 0.359 e. The molecule has 3 rings (SSSR count). The standard InChI is InChI=1S/C18H14FNO6S/c1-20-15(18(22)25-2)16(13-5-3-4-6-14(13)27(20,23)24)26-17(21)11-7-9-12(19)10-8-11/h3-10H,1-2H3. The van der Waals surface area contributed by atoms with Crippen LogP contribution in [0.3, 0.4) is 0 Å². The van der Waals surface area contributed by atoms with E-state index in [0.717, 1.165) is 26.3 Å². The number of carbonyl (C=O) groups excluding carboxylic acids is 2. The molecular formula is C18H14FNO6S. The lowest BCUT2D eigenvalue weighted by molar-refractivity contribution is -0.137. The molecule has 2 aromatic rings. The Morgan fingerprint density at radius 2 is 1.63 bits per heavy atom. The minimum atomic E-state index is -4.03. The number of methoxy groups -OCH3 is 1. The Morgan fingerprint density at radius 3 is 2.26 bits per heavy atom. The van der Waals surface area contributed by atoms with Crippen LogP contribution >= 0.6 is 0 Å². The summed E-state index contributed by atoms with van der Waals surface area (Å²) in [5, 5.41) is 0. The van der Waals surface area contributed by atoms with Gasteiger partial charge in [-0.25, -0.2) is 22.4 Å². The first-order chi connectivity index (χ1) is 12.8. The molecule has 9 heteroatoms. The van der Waals surface area contributed by atoms with E-state index < -0.39 is 33.5 Å². The molecule has 1 aliphatic heterocycles. The van der Waals surface area contributed by atoms with E-state index in [2.05, 4.69) is 4.74 Å². The number of likely N-dealkylation sites (N-methyl/N-ethyl adjacent to an activating group) is 1. The van der Waals surface area contributed by atoms with Crippen LogP contribution in [-0.4, -0.2) is 38.8 Å². The van der Waals surface area contributed by atoms with Gasteiger partial charge in [0.05, 0.1) is 17.6 Å². The summed E-state index contributed by atoms with van der Waals surface area (Å²) in [5.41, 5.74) is -0.361. The Kier molecular flexibility index (Phi) is 4.71. The first-order valence-electron chi connectivity index (χ1n) is 7.66. The summed E-state index contributed by atoms with van der Waals surface area (Å²) in [6, 6.07) is 10.4. The highest BCUT2D eigenvalue weighted by atomic mass is 32.2. The third-order valence-electron chi connectivity index (χ3n) is 3.95.